The van der Waals surface area contributed by atoms with Gasteiger partial charge in [0.2, 0.25) is 3.57 Å². The lowest BCUT2D eigenvalue weighted by Gasteiger charge is -2.08. The Morgan fingerprint density at radius 1 is 0.933 bits per heavy atom. The normalized spacial score (nSPS) is 13.1. The van der Waals surface area contributed by atoms with E-state index in [0.29, 0.717) is 0 Å². The van der Waals surface area contributed by atoms with E-state index in [1.165, 1.54) is 18.3 Å². The summed E-state index contributed by atoms with van der Waals surface area (Å²) in [5.41, 5.74) is 2.73. The summed E-state index contributed by atoms with van der Waals surface area (Å²) in [6.07, 6.45) is 0.964. The standard InChI is InChI=1S/C13H9FI/c14-11-6-5-10-7-9-3-1-2-4-12(9)15-13(10)8-11/h1-6,8H,7H2/q+1. The predicted molar refractivity (Wildman–Crippen MR) is 53.0 cm³/mol. The molecule has 3 rings (SSSR count). The minimum absolute atomic E-state index is 0.104. The molecule has 1 aliphatic rings. The van der Waals surface area contributed by atoms with Gasteiger partial charge in [0.15, 0.2) is 3.57 Å². The van der Waals surface area contributed by atoms with E-state index < -0.39 is 0 Å². The molecule has 0 N–H and O–H groups in total. The molecule has 0 radical (unpaired) electrons. The quantitative estimate of drug-likeness (QED) is 0.507. The molecule has 0 saturated heterocycles. The Hall–Kier alpha value is -0.900. The van der Waals surface area contributed by atoms with Gasteiger partial charge in [0.25, 0.3) is 0 Å². The zero-order chi connectivity index (χ0) is 10.3. The first kappa shape index (κ1) is 9.33. The van der Waals surface area contributed by atoms with Crippen molar-refractivity contribution in [3.05, 3.63) is 66.5 Å². The third-order valence-corrected chi connectivity index (χ3v) is 5.78. The van der Waals surface area contributed by atoms with Gasteiger partial charge in [-0.15, -0.1) is 0 Å². The van der Waals surface area contributed by atoms with Crippen molar-refractivity contribution in [2.24, 2.45) is 0 Å². The lowest BCUT2D eigenvalue weighted by atomic mass is 10.1. The molecular formula is C13H9FI+. The summed E-state index contributed by atoms with van der Waals surface area (Å²) in [6, 6.07) is 13.7. The Kier molecular flexibility index (Phi) is 2.24. The molecule has 1 aliphatic heterocycles. The Balaban J connectivity index is 2.11. The third kappa shape index (κ3) is 1.67. The Bertz CT molecular complexity index is 520. The van der Waals surface area contributed by atoms with Crippen LogP contribution in [-0.2, 0) is 6.42 Å². The highest BCUT2D eigenvalue weighted by atomic mass is 127. The molecule has 2 aromatic rings. The van der Waals surface area contributed by atoms with Crippen LogP contribution in [0, 0.1) is 13.0 Å². The maximum atomic E-state index is 13.1. The lowest BCUT2D eigenvalue weighted by molar-refractivity contribution is -0.601. The minimum Gasteiger partial charge on any atom is -0.207 e. The molecule has 74 valence electrons. The van der Waals surface area contributed by atoms with Crippen LogP contribution >= 0.6 is 0 Å². The second kappa shape index (κ2) is 3.59. The fourth-order valence-electron chi connectivity index (χ4n) is 1.80. The van der Waals surface area contributed by atoms with Crippen LogP contribution in [0.4, 0.5) is 4.39 Å². The Morgan fingerprint density at radius 3 is 2.67 bits per heavy atom. The fourth-order valence-corrected chi connectivity index (χ4v) is 4.70. The second-order valence-corrected chi connectivity index (χ2v) is 6.46. The highest BCUT2D eigenvalue weighted by molar-refractivity contribution is 5.28. The van der Waals surface area contributed by atoms with Gasteiger partial charge in [-0.05, 0) is 12.1 Å². The molecule has 0 atom stereocenters. The maximum Gasteiger partial charge on any atom is 0.358 e. The molecule has 0 aliphatic carbocycles. The summed E-state index contributed by atoms with van der Waals surface area (Å²) in [7, 11) is 0. The summed E-state index contributed by atoms with van der Waals surface area (Å²) in [6.45, 7) is 0. The molecule has 0 bridgehead atoms. The van der Waals surface area contributed by atoms with Crippen LogP contribution in [0.5, 0.6) is 0 Å². The van der Waals surface area contributed by atoms with Gasteiger partial charge in [-0.25, -0.2) is 4.39 Å². The molecule has 0 unspecified atom stereocenters. The van der Waals surface area contributed by atoms with Gasteiger partial charge < -0.3 is 0 Å². The maximum absolute atomic E-state index is 13.1. The number of hydrogen-bond donors (Lipinski definition) is 0. The molecular weight excluding hydrogens is 302 g/mol. The van der Waals surface area contributed by atoms with Crippen LogP contribution in [-0.4, -0.2) is 0 Å². The number of benzene rings is 2. The third-order valence-electron chi connectivity index (χ3n) is 2.56. The molecule has 0 amide bonds. The summed E-state index contributed by atoms with van der Waals surface area (Å²) >= 11 is -0.182. The van der Waals surface area contributed by atoms with Gasteiger partial charge in [0.1, 0.15) is 5.82 Å². The number of halogens is 2. The van der Waals surface area contributed by atoms with E-state index in [0.717, 1.165) is 6.42 Å². The topological polar surface area (TPSA) is 0 Å². The highest BCUT2D eigenvalue weighted by Gasteiger charge is 2.28. The van der Waals surface area contributed by atoms with Crippen LogP contribution in [0.25, 0.3) is 0 Å². The van der Waals surface area contributed by atoms with Crippen LogP contribution in [0.1, 0.15) is 11.1 Å². The molecule has 0 aromatic heterocycles. The Labute approximate surface area is 98.4 Å². The first-order valence-corrected chi connectivity index (χ1v) is 7.00. The summed E-state index contributed by atoms with van der Waals surface area (Å²) in [4.78, 5) is 0. The van der Waals surface area contributed by atoms with E-state index in [1.54, 1.807) is 12.1 Å². The lowest BCUT2D eigenvalue weighted by Crippen LogP contribution is -3.62. The van der Waals surface area contributed by atoms with Crippen LogP contribution < -0.4 is 21.2 Å². The molecule has 0 saturated carbocycles. The number of hydrogen-bond acceptors (Lipinski definition) is 0. The van der Waals surface area contributed by atoms with E-state index in [2.05, 4.69) is 24.3 Å². The molecule has 1 heterocycles. The van der Waals surface area contributed by atoms with Crippen LogP contribution in [0.3, 0.4) is 0 Å². The van der Waals surface area contributed by atoms with E-state index in [-0.39, 0.29) is 27.0 Å². The van der Waals surface area contributed by atoms with Gasteiger partial charge in [0, 0.05) is 23.6 Å². The van der Waals surface area contributed by atoms with Gasteiger partial charge in [-0.3, -0.25) is 0 Å². The van der Waals surface area contributed by atoms with Crippen molar-refractivity contribution in [1.82, 2.24) is 0 Å². The van der Waals surface area contributed by atoms with Gasteiger partial charge in [-0.1, -0.05) is 24.3 Å². The molecule has 0 fully saturated rings. The van der Waals surface area contributed by atoms with E-state index in [1.807, 2.05) is 6.07 Å². The smallest absolute Gasteiger partial charge is 0.207 e. The Morgan fingerprint density at radius 2 is 1.73 bits per heavy atom. The molecule has 15 heavy (non-hydrogen) atoms. The van der Waals surface area contributed by atoms with Crippen molar-refractivity contribution in [3.63, 3.8) is 0 Å². The van der Waals surface area contributed by atoms with Crippen LogP contribution in [0.2, 0.25) is 0 Å². The van der Waals surface area contributed by atoms with Gasteiger partial charge in [0.05, 0.1) is 0 Å². The SMILES string of the molecule is Fc1ccc2c(c1)[I+]c1ccccc1C2. The molecule has 0 spiro atoms. The van der Waals surface area contributed by atoms with Crippen molar-refractivity contribution in [3.8, 4) is 0 Å². The van der Waals surface area contributed by atoms with Crippen molar-refractivity contribution in [2.45, 2.75) is 6.42 Å². The van der Waals surface area contributed by atoms with E-state index in [9.17, 15) is 4.39 Å². The fraction of sp³-hybridized carbons (Fsp3) is 0.0769. The van der Waals surface area contributed by atoms with Crippen molar-refractivity contribution < 1.29 is 25.6 Å². The summed E-state index contributed by atoms with van der Waals surface area (Å²) in [5.74, 6) is -0.104. The average molecular weight is 311 g/mol. The predicted octanol–water partition coefficient (Wildman–Crippen LogP) is -0.142. The van der Waals surface area contributed by atoms with Crippen LogP contribution in [0.15, 0.2) is 42.5 Å². The van der Waals surface area contributed by atoms with Gasteiger partial charge >= 0.3 is 21.2 Å². The summed E-state index contributed by atoms with van der Waals surface area (Å²) in [5, 5.41) is 0. The zero-order valence-corrected chi connectivity index (χ0v) is 10.2. The molecule has 0 nitrogen and oxygen atoms in total. The summed E-state index contributed by atoms with van der Waals surface area (Å²) < 4.78 is 15.8. The van der Waals surface area contributed by atoms with Crippen molar-refractivity contribution >= 4 is 0 Å². The highest BCUT2D eigenvalue weighted by Crippen LogP contribution is 2.13. The van der Waals surface area contributed by atoms with Gasteiger partial charge in [-0.2, -0.15) is 0 Å². The number of fused-ring (bicyclic) bond motifs is 2. The first-order chi connectivity index (χ1) is 7.33. The molecule has 2 heteroatoms. The second-order valence-electron chi connectivity index (χ2n) is 3.60. The average Bonchev–Trinajstić information content (AvgIpc) is 2.26. The molecule has 2 aromatic carbocycles. The van der Waals surface area contributed by atoms with E-state index >= 15 is 0 Å². The van der Waals surface area contributed by atoms with E-state index in [4.69, 9.17) is 0 Å². The van der Waals surface area contributed by atoms with Crippen molar-refractivity contribution in [1.29, 1.82) is 0 Å². The first-order valence-electron chi connectivity index (χ1n) is 4.84. The van der Waals surface area contributed by atoms with Crippen molar-refractivity contribution in [2.75, 3.05) is 0 Å². The number of rotatable bonds is 0. The zero-order valence-electron chi connectivity index (χ0n) is 8.00. The monoisotopic (exact) mass is 311 g/mol. The minimum atomic E-state index is -0.182. The largest absolute Gasteiger partial charge is 0.358 e.